The fraction of sp³-hybridized carbons (Fsp3) is 0.321. The molecule has 6 N–H and O–H groups in total. The first kappa shape index (κ1) is 29.2. The van der Waals surface area contributed by atoms with E-state index in [1.807, 2.05) is 0 Å². The highest BCUT2D eigenvalue weighted by Crippen LogP contribution is 2.33. The molecule has 0 bridgehead atoms. The van der Waals surface area contributed by atoms with Gasteiger partial charge in [0.25, 0.3) is 5.91 Å². The third kappa shape index (κ3) is 6.57. The molecule has 2 aromatic rings. The molecule has 0 radical (unpaired) electrons. The smallest absolute Gasteiger partial charge is 0.255 e. The van der Waals surface area contributed by atoms with E-state index in [0.717, 1.165) is 0 Å². The van der Waals surface area contributed by atoms with Gasteiger partial charge in [0.15, 0.2) is 17.7 Å². The lowest BCUT2D eigenvalue weighted by Gasteiger charge is -2.25. The Morgan fingerprint density at radius 2 is 1.79 bits per heavy atom. The number of nitrogens with two attached hydrogens (primary N) is 1. The molecule has 1 heterocycles. The number of primary amides is 1. The van der Waals surface area contributed by atoms with Crippen molar-refractivity contribution in [3.8, 4) is 5.75 Å². The van der Waals surface area contributed by atoms with Crippen LogP contribution in [-0.2, 0) is 27.2 Å². The van der Waals surface area contributed by atoms with Crippen molar-refractivity contribution >= 4 is 29.0 Å². The van der Waals surface area contributed by atoms with Gasteiger partial charge in [-0.2, -0.15) is 0 Å². The lowest BCUT2D eigenvalue weighted by molar-refractivity contribution is -0.134. The summed E-state index contributed by atoms with van der Waals surface area (Å²) in [5, 5.41) is 42.7. The summed E-state index contributed by atoms with van der Waals surface area (Å²) >= 11 is 0. The van der Waals surface area contributed by atoms with Gasteiger partial charge in [-0.1, -0.05) is 12.5 Å². The molecule has 0 fully saturated rings. The molecule has 0 saturated carbocycles. The Labute approximate surface area is 224 Å². The highest BCUT2D eigenvalue weighted by atomic mass is 16.3. The number of aromatic nitrogens is 1. The van der Waals surface area contributed by atoms with Crippen molar-refractivity contribution in [2.45, 2.75) is 44.2 Å². The van der Waals surface area contributed by atoms with Crippen LogP contribution in [0.15, 0.2) is 53.9 Å². The Kier molecular flexibility index (Phi) is 9.33. The van der Waals surface area contributed by atoms with Crippen molar-refractivity contribution in [3.63, 3.8) is 0 Å². The number of aliphatic hydroxyl groups is 3. The second-order valence-electron chi connectivity index (χ2n) is 9.46. The van der Waals surface area contributed by atoms with Crippen molar-refractivity contribution in [2.75, 3.05) is 14.1 Å². The number of ketones is 3. The van der Waals surface area contributed by atoms with Crippen LogP contribution in [0.3, 0.4) is 0 Å². The predicted octanol–water partition coefficient (Wildman–Crippen LogP) is 1.56. The standard InChI is InChI=1S/C28H31N3O8/c1-31(2)18-9-4-3-8-17-16(20(33)13-15-7-5-6-12-30-15)10-11-19(32)23(17)21(34)14-22(35)26(37)27(38)24(25(18)36)28(29)39/h5-7,10-12,14,18,26,32,34,36-37H,3-4,8-9,13H2,1-2H3,(H2,29,39)/t18-,26-/m0/s1. The van der Waals surface area contributed by atoms with E-state index < -0.39 is 52.5 Å². The summed E-state index contributed by atoms with van der Waals surface area (Å²) in [5.74, 6) is -6.30. The fourth-order valence-electron chi connectivity index (χ4n) is 4.58. The van der Waals surface area contributed by atoms with Gasteiger partial charge in [-0.15, -0.1) is 0 Å². The van der Waals surface area contributed by atoms with Crippen LogP contribution in [0.4, 0.5) is 0 Å². The highest BCUT2D eigenvalue weighted by Gasteiger charge is 2.34. The molecule has 2 atom stereocenters. The van der Waals surface area contributed by atoms with Gasteiger partial charge in [-0.25, -0.2) is 0 Å². The number of aromatic hydroxyl groups is 1. The predicted molar refractivity (Wildman–Crippen MR) is 141 cm³/mol. The molecule has 1 aliphatic rings. The fourth-order valence-corrected chi connectivity index (χ4v) is 4.58. The minimum Gasteiger partial charge on any atom is -0.510 e. The molecule has 0 saturated heterocycles. The Bertz CT molecular complexity index is 1350. The van der Waals surface area contributed by atoms with E-state index in [4.69, 9.17) is 5.73 Å². The molecule has 0 aliphatic heterocycles. The van der Waals surface area contributed by atoms with Crippen LogP contribution in [0.25, 0.3) is 5.76 Å². The minimum absolute atomic E-state index is 0.0497. The summed E-state index contributed by atoms with van der Waals surface area (Å²) in [6.45, 7) is 0. The van der Waals surface area contributed by atoms with Crippen LogP contribution in [0.5, 0.6) is 5.75 Å². The van der Waals surface area contributed by atoms with Gasteiger partial charge in [-0.3, -0.25) is 29.1 Å². The molecule has 11 heteroatoms. The molecule has 3 rings (SSSR count). The Morgan fingerprint density at radius 1 is 1.08 bits per heavy atom. The summed E-state index contributed by atoms with van der Waals surface area (Å²) in [5.41, 5.74) is 5.20. The number of rotatable bonds is 5. The van der Waals surface area contributed by atoms with Gasteiger partial charge in [-0.05, 0) is 63.2 Å². The molecule has 1 aliphatic carbocycles. The van der Waals surface area contributed by atoms with Crippen molar-refractivity contribution < 1.29 is 39.6 Å². The second-order valence-corrected chi connectivity index (χ2v) is 9.46. The minimum atomic E-state index is -2.47. The number of carbonyl (C=O) groups excluding carboxylic acids is 4. The quantitative estimate of drug-likeness (QED) is 0.212. The van der Waals surface area contributed by atoms with Crippen molar-refractivity contribution in [3.05, 3.63) is 76.3 Å². The number of hydrogen-bond donors (Lipinski definition) is 5. The van der Waals surface area contributed by atoms with Gasteiger partial charge in [0.1, 0.15) is 22.8 Å². The summed E-state index contributed by atoms with van der Waals surface area (Å²) < 4.78 is 0. The first-order valence-corrected chi connectivity index (χ1v) is 12.3. The van der Waals surface area contributed by atoms with Crippen molar-refractivity contribution in [1.29, 1.82) is 0 Å². The van der Waals surface area contributed by atoms with Crippen molar-refractivity contribution in [2.24, 2.45) is 5.73 Å². The molecule has 11 nitrogen and oxygen atoms in total. The third-order valence-electron chi connectivity index (χ3n) is 6.55. The van der Waals surface area contributed by atoms with Gasteiger partial charge < -0.3 is 26.2 Å². The van der Waals surface area contributed by atoms with Crippen LogP contribution >= 0.6 is 0 Å². The number of benzene rings is 1. The molecular formula is C28H31N3O8. The van der Waals surface area contributed by atoms with E-state index in [-0.39, 0.29) is 41.7 Å². The number of nitrogens with zero attached hydrogens (tertiary/aromatic N) is 2. The highest BCUT2D eigenvalue weighted by molar-refractivity contribution is 6.27. The van der Waals surface area contributed by atoms with Gasteiger partial charge in [0.2, 0.25) is 5.78 Å². The number of phenols is 1. The molecular weight excluding hydrogens is 506 g/mol. The van der Waals surface area contributed by atoms with Crippen LogP contribution in [0, 0.1) is 0 Å². The summed E-state index contributed by atoms with van der Waals surface area (Å²) in [7, 11) is 3.22. The number of amides is 1. The largest absolute Gasteiger partial charge is 0.510 e. The third-order valence-corrected chi connectivity index (χ3v) is 6.55. The summed E-state index contributed by atoms with van der Waals surface area (Å²) in [4.78, 5) is 56.6. The zero-order chi connectivity index (χ0) is 28.9. The summed E-state index contributed by atoms with van der Waals surface area (Å²) in [6.07, 6.45) is 0.807. The zero-order valence-electron chi connectivity index (χ0n) is 21.6. The number of aliphatic hydroxyl groups excluding tert-OH is 3. The molecule has 1 aromatic heterocycles. The monoisotopic (exact) mass is 537 g/mol. The van der Waals surface area contributed by atoms with E-state index in [2.05, 4.69) is 4.98 Å². The molecule has 1 amide bonds. The Balaban J connectivity index is 2.14. The Morgan fingerprint density at radius 3 is 2.41 bits per heavy atom. The number of fused-ring (bicyclic) bond motifs is 1. The maximum atomic E-state index is 13.3. The number of Topliss-reactive ketones (excluding diaryl/α,β-unsaturated/α-hetero) is 2. The second kappa shape index (κ2) is 12.5. The average Bonchev–Trinajstić information content (AvgIpc) is 2.87. The van der Waals surface area contributed by atoms with Crippen LogP contribution in [0.1, 0.15) is 46.4 Å². The molecule has 0 unspecified atom stereocenters. The zero-order valence-corrected chi connectivity index (χ0v) is 21.6. The van der Waals surface area contributed by atoms with Crippen molar-refractivity contribution in [1.82, 2.24) is 9.88 Å². The molecule has 0 spiro atoms. The number of carbonyl (C=O) groups is 4. The normalized spacial score (nSPS) is 19.3. The van der Waals surface area contributed by atoms with Crippen LogP contribution in [-0.4, -0.2) is 79.8 Å². The first-order valence-electron chi connectivity index (χ1n) is 12.3. The summed E-state index contributed by atoms with van der Waals surface area (Å²) in [6, 6.07) is 6.92. The number of hydrogen-bond acceptors (Lipinski definition) is 10. The van der Waals surface area contributed by atoms with E-state index >= 15 is 0 Å². The molecule has 1 aromatic carbocycles. The van der Waals surface area contributed by atoms with Crippen LogP contribution < -0.4 is 5.73 Å². The maximum Gasteiger partial charge on any atom is 0.255 e. The maximum absolute atomic E-state index is 13.3. The van der Waals surface area contributed by atoms with Gasteiger partial charge in [0, 0.05) is 23.5 Å². The number of phenolic OH excluding ortho intramolecular Hbond substituents is 1. The topological polar surface area (TPSA) is 191 Å². The van der Waals surface area contributed by atoms with Crippen LogP contribution in [0.2, 0.25) is 0 Å². The molecule has 39 heavy (non-hydrogen) atoms. The lowest BCUT2D eigenvalue weighted by Crippen LogP contribution is -2.39. The van der Waals surface area contributed by atoms with Gasteiger partial charge >= 0.3 is 0 Å². The van der Waals surface area contributed by atoms with Gasteiger partial charge in [0.05, 0.1) is 18.0 Å². The Hall–Kier alpha value is -4.35. The SMILES string of the molecule is CN(C)[C@H]1CCCCc2c(C(=O)Cc3ccccn3)ccc(O)c2C(O)=CC(=O)[C@H](O)C(=O)C(C(N)=O)=C1O. The number of pyridine rings is 1. The van der Waals surface area contributed by atoms with E-state index in [1.165, 1.54) is 12.1 Å². The molecule has 206 valence electrons. The van der Waals surface area contributed by atoms with E-state index in [1.54, 1.807) is 43.4 Å². The average molecular weight is 538 g/mol. The number of likely N-dealkylation sites (N-methyl/N-ethyl adjacent to an activating group) is 1. The first-order chi connectivity index (χ1) is 18.4. The van der Waals surface area contributed by atoms with E-state index in [9.17, 15) is 39.6 Å². The van der Waals surface area contributed by atoms with E-state index in [0.29, 0.717) is 24.6 Å². The lowest BCUT2D eigenvalue weighted by atomic mass is 9.89.